The van der Waals surface area contributed by atoms with Crippen LogP contribution in [-0.4, -0.2) is 38.7 Å². The third-order valence-corrected chi connectivity index (χ3v) is 10.2. The summed E-state index contributed by atoms with van der Waals surface area (Å²) in [6.45, 7) is 6.80. The molecule has 3 atom stereocenters. The molecule has 1 aromatic carbocycles. The molecule has 0 saturated heterocycles. The van der Waals surface area contributed by atoms with E-state index in [9.17, 15) is 14.0 Å². The number of hydrogen-bond acceptors (Lipinski definition) is 6. The molecule has 2 aromatic heterocycles. The fourth-order valence-corrected chi connectivity index (χ4v) is 8.07. The summed E-state index contributed by atoms with van der Waals surface area (Å²) in [6, 6.07) is 7.99. The Morgan fingerprint density at radius 2 is 2.00 bits per heavy atom. The second kappa shape index (κ2) is 12.1. The molecular weight excluding hydrogens is 611 g/mol. The molecule has 0 spiro atoms. The van der Waals surface area contributed by atoms with E-state index in [2.05, 4.69) is 28.1 Å². The molecule has 0 radical (unpaired) electrons. The Balaban J connectivity index is 1.68. The standard InChI is InChI=1S/C30H32BrFN4O2S2/c1-17(2)26(35(14-6-13-33)29(37)19-10-9-18(3)22(32)15-19)28-34-25-21-7-4-5-8-23(21)40-27(25)30(38)36(28)16-20-11-12-24(31)39-20/h4-5,7-12,15,17,21,23,26H,6,13-14,16,33H2,1-3H3. The number of carbonyl (C=O) groups excluding carboxylic acids is 1. The number of carbonyl (C=O) groups is 1. The summed E-state index contributed by atoms with van der Waals surface area (Å²) >= 11 is 6.65. The minimum absolute atomic E-state index is 0.00539. The molecule has 0 bridgehead atoms. The molecule has 210 valence electrons. The topological polar surface area (TPSA) is 81.2 Å². The zero-order valence-electron chi connectivity index (χ0n) is 22.6. The molecule has 6 nitrogen and oxygen atoms in total. The number of amides is 1. The Kier molecular flexibility index (Phi) is 8.80. The first-order chi connectivity index (χ1) is 19.2. The van der Waals surface area contributed by atoms with Crippen LogP contribution in [0.1, 0.15) is 64.5 Å². The number of thiophene rings is 1. The molecule has 1 aliphatic carbocycles. The molecule has 2 N–H and O–H groups in total. The summed E-state index contributed by atoms with van der Waals surface area (Å²) < 4.78 is 17.3. The fourth-order valence-electron chi connectivity index (χ4n) is 5.28. The van der Waals surface area contributed by atoms with Gasteiger partial charge in [0.2, 0.25) is 0 Å². The van der Waals surface area contributed by atoms with Gasteiger partial charge < -0.3 is 10.6 Å². The van der Waals surface area contributed by atoms with E-state index in [4.69, 9.17) is 10.7 Å². The lowest BCUT2D eigenvalue weighted by atomic mass is 9.95. The number of thioether (sulfide) groups is 1. The number of hydrogen-bond donors (Lipinski definition) is 1. The maximum absolute atomic E-state index is 14.5. The first-order valence-corrected chi connectivity index (χ1v) is 15.9. The van der Waals surface area contributed by atoms with Crippen molar-refractivity contribution >= 4 is 44.9 Å². The monoisotopic (exact) mass is 642 g/mol. The molecule has 1 aliphatic heterocycles. The van der Waals surface area contributed by atoms with Crippen LogP contribution in [0.3, 0.4) is 0 Å². The molecule has 2 aliphatic rings. The van der Waals surface area contributed by atoms with Crippen LogP contribution < -0.4 is 11.3 Å². The van der Waals surface area contributed by atoms with E-state index in [0.29, 0.717) is 42.3 Å². The van der Waals surface area contributed by atoms with Crippen molar-refractivity contribution in [2.45, 2.75) is 55.8 Å². The second-order valence-corrected chi connectivity index (χ2v) is 14.2. The molecule has 3 unspecified atom stereocenters. The normalized spacial score (nSPS) is 18.2. The quantitative estimate of drug-likeness (QED) is 0.291. The van der Waals surface area contributed by atoms with Crippen molar-refractivity contribution in [1.29, 1.82) is 0 Å². The number of allylic oxidation sites excluding steroid dienone is 3. The van der Waals surface area contributed by atoms with E-state index < -0.39 is 11.9 Å². The SMILES string of the molecule is Cc1ccc(C(=O)N(CCCN)C(c2nc3c(c(=O)n2Cc2ccc(Br)s2)SC2C=CC=CC32)C(C)C)cc1F. The van der Waals surface area contributed by atoms with Crippen LogP contribution in [0.5, 0.6) is 0 Å². The average molecular weight is 644 g/mol. The zero-order chi connectivity index (χ0) is 28.6. The summed E-state index contributed by atoms with van der Waals surface area (Å²) in [5.41, 5.74) is 7.30. The van der Waals surface area contributed by atoms with Gasteiger partial charge in [-0.25, -0.2) is 9.37 Å². The van der Waals surface area contributed by atoms with Gasteiger partial charge in [0.1, 0.15) is 11.6 Å². The third-order valence-electron chi connectivity index (χ3n) is 7.29. The minimum atomic E-state index is -0.531. The van der Waals surface area contributed by atoms with Crippen molar-refractivity contribution in [3.63, 3.8) is 0 Å². The number of fused-ring (bicyclic) bond motifs is 3. The van der Waals surface area contributed by atoms with Crippen LogP contribution in [0.15, 0.2) is 68.1 Å². The van der Waals surface area contributed by atoms with Gasteiger partial charge in [-0.1, -0.05) is 44.2 Å². The third kappa shape index (κ3) is 5.64. The van der Waals surface area contributed by atoms with Gasteiger partial charge in [0, 0.05) is 28.2 Å². The van der Waals surface area contributed by atoms with Gasteiger partial charge in [-0.3, -0.25) is 14.2 Å². The largest absolute Gasteiger partial charge is 0.330 e. The Labute approximate surface area is 250 Å². The van der Waals surface area contributed by atoms with Gasteiger partial charge in [0.15, 0.2) is 0 Å². The molecule has 10 heteroatoms. The van der Waals surface area contributed by atoms with E-state index in [1.54, 1.807) is 51.6 Å². The number of nitrogens with zero attached hydrogens (tertiary/aromatic N) is 3. The van der Waals surface area contributed by atoms with Crippen molar-refractivity contribution in [1.82, 2.24) is 14.5 Å². The highest BCUT2D eigenvalue weighted by atomic mass is 79.9. The minimum Gasteiger partial charge on any atom is -0.330 e. The molecule has 3 heterocycles. The maximum Gasteiger partial charge on any atom is 0.267 e. The van der Waals surface area contributed by atoms with Crippen LogP contribution in [0.4, 0.5) is 4.39 Å². The van der Waals surface area contributed by atoms with Crippen molar-refractivity contribution in [2.24, 2.45) is 11.7 Å². The van der Waals surface area contributed by atoms with Crippen LogP contribution >= 0.6 is 39.0 Å². The van der Waals surface area contributed by atoms with Crippen molar-refractivity contribution in [3.8, 4) is 0 Å². The summed E-state index contributed by atoms with van der Waals surface area (Å²) in [5, 5.41) is 0.114. The Morgan fingerprint density at radius 1 is 1.23 bits per heavy atom. The van der Waals surface area contributed by atoms with Gasteiger partial charge in [-0.2, -0.15) is 0 Å². The summed E-state index contributed by atoms with van der Waals surface area (Å²) in [5.74, 6) is -0.282. The summed E-state index contributed by atoms with van der Waals surface area (Å²) in [4.78, 5) is 36.8. The van der Waals surface area contributed by atoms with Gasteiger partial charge in [-0.15, -0.1) is 23.1 Å². The van der Waals surface area contributed by atoms with Crippen LogP contribution in [-0.2, 0) is 6.54 Å². The Hall–Kier alpha value is -2.53. The molecule has 1 amide bonds. The predicted molar refractivity (Wildman–Crippen MR) is 164 cm³/mol. The van der Waals surface area contributed by atoms with E-state index in [1.807, 2.05) is 38.1 Å². The summed E-state index contributed by atoms with van der Waals surface area (Å²) in [6.07, 6.45) is 8.77. The zero-order valence-corrected chi connectivity index (χ0v) is 25.9. The summed E-state index contributed by atoms with van der Waals surface area (Å²) in [7, 11) is 0. The number of aryl methyl sites for hydroxylation is 1. The molecule has 3 aromatic rings. The van der Waals surface area contributed by atoms with Crippen molar-refractivity contribution in [3.05, 3.63) is 102 Å². The van der Waals surface area contributed by atoms with Gasteiger partial charge in [0.25, 0.3) is 11.5 Å². The Bertz CT molecular complexity index is 1550. The lowest BCUT2D eigenvalue weighted by molar-refractivity contribution is 0.0600. The lowest BCUT2D eigenvalue weighted by Gasteiger charge is -2.36. The van der Waals surface area contributed by atoms with Crippen molar-refractivity contribution in [2.75, 3.05) is 13.1 Å². The first kappa shape index (κ1) is 29.0. The lowest BCUT2D eigenvalue weighted by Crippen LogP contribution is -2.42. The van der Waals surface area contributed by atoms with Gasteiger partial charge in [-0.05, 0) is 71.6 Å². The smallest absolute Gasteiger partial charge is 0.267 e. The molecule has 5 rings (SSSR count). The highest BCUT2D eigenvalue weighted by Crippen LogP contribution is 2.46. The first-order valence-electron chi connectivity index (χ1n) is 13.4. The molecular formula is C30H32BrFN4O2S2. The number of benzene rings is 1. The fraction of sp³-hybridized carbons (Fsp3) is 0.367. The number of aromatic nitrogens is 2. The second-order valence-electron chi connectivity index (χ2n) is 10.5. The highest BCUT2D eigenvalue weighted by Gasteiger charge is 2.39. The average Bonchev–Trinajstić information content (AvgIpc) is 3.52. The van der Waals surface area contributed by atoms with Crippen molar-refractivity contribution < 1.29 is 9.18 Å². The molecule has 40 heavy (non-hydrogen) atoms. The highest BCUT2D eigenvalue weighted by molar-refractivity contribution is 9.11. The molecule has 0 saturated carbocycles. The van der Waals surface area contributed by atoms with E-state index >= 15 is 0 Å². The maximum atomic E-state index is 14.5. The van der Waals surface area contributed by atoms with Crippen LogP contribution in [0, 0.1) is 18.7 Å². The van der Waals surface area contributed by atoms with Gasteiger partial charge in [0.05, 0.1) is 27.0 Å². The number of nitrogens with two attached hydrogens (primary N) is 1. The van der Waals surface area contributed by atoms with Crippen LogP contribution in [0.25, 0.3) is 0 Å². The number of rotatable bonds is 9. The Morgan fingerprint density at radius 3 is 2.67 bits per heavy atom. The predicted octanol–water partition coefficient (Wildman–Crippen LogP) is 6.44. The van der Waals surface area contributed by atoms with E-state index in [-0.39, 0.29) is 34.1 Å². The van der Waals surface area contributed by atoms with E-state index in [1.165, 1.54) is 6.07 Å². The van der Waals surface area contributed by atoms with Gasteiger partial charge >= 0.3 is 0 Å². The van der Waals surface area contributed by atoms with Crippen LogP contribution in [0.2, 0.25) is 0 Å². The van der Waals surface area contributed by atoms with E-state index in [0.717, 1.165) is 14.4 Å². The molecule has 0 fully saturated rings. The number of halogens is 2.